The molecule has 4 nitrogen and oxygen atoms in total. The molecule has 0 spiro atoms. The maximum atomic E-state index is 13.0. The van der Waals surface area contributed by atoms with Crippen LogP contribution in [-0.2, 0) is 0 Å². The van der Waals surface area contributed by atoms with E-state index in [2.05, 4.69) is 9.88 Å². The van der Waals surface area contributed by atoms with Crippen molar-refractivity contribution in [3.63, 3.8) is 0 Å². The Morgan fingerprint density at radius 3 is 2.83 bits per heavy atom. The van der Waals surface area contributed by atoms with Crippen molar-refractivity contribution in [1.29, 1.82) is 0 Å². The summed E-state index contributed by atoms with van der Waals surface area (Å²) in [5.74, 6) is 1.09. The lowest BCUT2D eigenvalue weighted by atomic mass is 9.98. The number of rotatable bonds is 8. The van der Waals surface area contributed by atoms with E-state index in [1.54, 1.807) is 18.3 Å². The first kappa shape index (κ1) is 20.5. The minimum absolute atomic E-state index is 0.0790. The largest absolute Gasteiger partial charge is 0.491 e. The van der Waals surface area contributed by atoms with Crippen LogP contribution in [0.5, 0.6) is 5.75 Å². The van der Waals surface area contributed by atoms with E-state index in [-0.39, 0.29) is 11.6 Å². The van der Waals surface area contributed by atoms with Crippen LogP contribution in [0, 0.1) is 11.7 Å². The summed E-state index contributed by atoms with van der Waals surface area (Å²) >= 11 is 0. The van der Waals surface area contributed by atoms with Crippen molar-refractivity contribution in [2.45, 2.75) is 25.7 Å². The summed E-state index contributed by atoms with van der Waals surface area (Å²) in [7, 11) is 0. The predicted octanol–water partition coefficient (Wildman–Crippen LogP) is 5.13. The average Bonchev–Trinajstić information content (AvgIpc) is 2.78. The third-order valence-corrected chi connectivity index (χ3v) is 5.72. The molecule has 3 aromatic rings. The van der Waals surface area contributed by atoms with Crippen molar-refractivity contribution in [2.24, 2.45) is 5.92 Å². The van der Waals surface area contributed by atoms with Gasteiger partial charge in [0.05, 0.1) is 6.61 Å². The molecule has 5 heteroatoms. The molecular formula is C25H27FN2O2. The predicted molar refractivity (Wildman–Crippen MR) is 116 cm³/mol. The molecule has 0 radical (unpaired) electrons. The monoisotopic (exact) mass is 406 g/mol. The SMILES string of the molecule is O=C(CCCN1CCCC(COc2cccc3cccnc23)C1)c1ccc(F)cc1. The molecule has 1 unspecified atom stereocenters. The fraction of sp³-hybridized carbons (Fsp3) is 0.360. The van der Waals surface area contributed by atoms with E-state index >= 15 is 0 Å². The number of para-hydroxylation sites is 1. The summed E-state index contributed by atoms with van der Waals surface area (Å²) in [6, 6.07) is 15.8. The summed E-state index contributed by atoms with van der Waals surface area (Å²) in [6.45, 7) is 3.64. The third-order valence-electron chi connectivity index (χ3n) is 5.72. The molecule has 0 bridgehead atoms. The second kappa shape index (κ2) is 9.81. The van der Waals surface area contributed by atoms with Gasteiger partial charge in [-0.1, -0.05) is 18.2 Å². The number of ether oxygens (including phenoxy) is 1. The highest BCUT2D eigenvalue weighted by molar-refractivity contribution is 5.95. The smallest absolute Gasteiger partial charge is 0.162 e. The van der Waals surface area contributed by atoms with Crippen molar-refractivity contribution in [3.8, 4) is 5.75 Å². The molecule has 1 aromatic heterocycles. The van der Waals surface area contributed by atoms with Crippen LogP contribution in [0.1, 0.15) is 36.0 Å². The number of likely N-dealkylation sites (tertiary alicyclic amines) is 1. The number of carbonyl (C=O) groups is 1. The number of carbonyl (C=O) groups excluding carboxylic acids is 1. The zero-order valence-corrected chi connectivity index (χ0v) is 17.1. The molecule has 1 fully saturated rings. The minimum atomic E-state index is -0.313. The van der Waals surface area contributed by atoms with Gasteiger partial charge in [0.1, 0.15) is 17.1 Å². The molecule has 4 rings (SSSR count). The van der Waals surface area contributed by atoms with Gasteiger partial charge in [0.25, 0.3) is 0 Å². The average molecular weight is 407 g/mol. The van der Waals surface area contributed by atoms with Gasteiger partial charge in [-0.15, -0.1) is 0 Å². The van der Waals surface area contributed by atoms with Crippen LogP contribution in [-0.4, -0.2) is 41.9 Å². The second-order valence-electron chi connectivity index (χ2n) is 7.98. The van der Waals surface area contributed by atoms with Crippen LogP contribution in [0.3, 0.4) is 0 Å². The van der Waals surface area contributed by atoms with Crippen LogP contribution in [0.4, 0.5) is 4.39 Å². The summed E-state index contributed by atoms with van der Waals surface area (Å²) < 4.78 is 19.1. The number of aromatic nitrogens is 1. The highest BCUT2D eigenvalue weighted by atomic mass is 19.1. The molecular weight excluding hydrogens is 379 g/mol. The van der Waals surface area contributed by atoms with Crippen LogP contribution >= 0.6 is 0 Å². The lowest BCUT2D eigenvalue weighted by Gasteiger charge is -2.32. The number of halogens is 1. The van der Waals surface area contributed by atoms with Gasteiger partial charge < -0.3 is 9.64 Å². The Kier molecular flexibility index (Phi) is 6.70. The number of fused-ring (bicyclic) bond motifs is 1. The minimum Gasteiger partial charge on any atom is -0.491 e. The maximum Gasteiger partial charge on any atom is 0.162 e. The number of hydrogen-bond acceptors (Lipinski definition) is 4. The van der Waals surface area contributed by atoms with Gasteiger partial charge >= 0.3 is 0 Å². The fourth-order valence-corrected chi connectivity index (χ4v) is 4.13. The molecule has 2 aromatic carbocycles. The Hall–Kier alpha value is -2.79. The fourth-order valence-electron chi connectivity index (χ4n) is 4.13. The maximum absolute atomic E-state index is 13.0. The first-order chi connectivity index (χ1) is 14.7. The van der Waals surface area contributed by atoms with Crippen molar-refractivity contribution in [1.82, 2.24) is 9.88 Å². The number of pyridine rings is 1. The molecule has 0 saturated carbocycles. The molecule has 156 valence electrons. The lowest BCUT2D eigenvalue weighted by molar-refractivity contribution is 0.0961. The highest BCUT2D eigenvalue weighted by Crippen LogP contribution is 2.25. The van der Waals surface area contributed by atoms with Crippen LogP contribution in [0.2, 0.25) is 0 Å². The Bertz CT molecular complexity index is 985. The van der Waals surface area contributed by atoms with Crippen LogP contribution in [0.15, 0.2) is 60.8 Å². The van der Waals surface area contributed by atoms with Gasteiger partial charge in [0, 0.05) is 36.0 Å². The number of hydrogen-bond donors (Lipinski definition) is 0. The van der Waals surface area contributed by atoms with Crippen molar-refractivity contribution in [3.05, 3.63) is 72.2 Å². The Labute approximate surface area is 176 Å². The molecule has 30 heavy (non-hydrogen) atoms. The highest BCUT2D eigenvalue weighted by Gasteiger charge is 2.21. The number of piperidine rings is 1. The summed E-state index contributed by atoms with van der Waals surface area (Å²) in [6.07, 6.45) is 5.41. The molecule has 1 aliphatic rings. The zero-order chi connectivity index (χ0) is 20.8. The molecule has 2 heterocycles. The Balaban J connectivity index is 1.24. The molecule has 0 N–H and O–H groups in total. The van der Waals surface area contributed by atoms with Crippen LogP contribution in [0.25, 0.3) is 10.9 Å². The van der Waals surface area contributed by atoms with Gasteiger partial charge in [-0.25, -0.2) is 4.39 Å². The van der Waals surface area contributed by atoms with Gasteiger partial charge in [-0.3, -0.25) is 9.78 Å². The summed E-state index contributed by atoms with van der Waals surface area (Å²) in [5, 5.41) is 1.09. The van der Waals surface area contributed by atoms with Gasteiger partial charge in [-0.2, -0.15) is 0 Å². The van der Waals surface area contributed by atoms with E-state index in [1.807, 2.05) is 30.3 Å². The zero-order valence-electron chi connectivity index (χ0n) is 17.1. The second-order valence-corrected chi connectivity index (χ2v) is 7.98. The number of benzene rings is 2. The van der Waals surface area contributed by atoms with E-state index in [4.69, 9.17) is 4.74 Å². The van der Waals surface area contributed by atoms with Gasteiger partial charge in [0.2, 0.25) is 0 Å². The normalized spacial score (nSPS) is 17.2. The third kappa shape index (κ3) is 5.22. The van der Waals surface area contributed by atoms with E-state index < -0.39 is 0 Å². The molecule has 0 aliphatic carbocycles. The van der Waals surface area contributed by atoms with Crippen molar-refractivity contribution < 1.29 is 13.9 Å². The Morgan fingerprint density at radius 1 is 1.13 bits per heavy atom. The summed E-state index contributed by atoms with van der Waals surface area (Å²) in [4.78, 5) is 19.1. The Morgan fingerprint density at radius 2 is 1.97 bits per heavy atom. The molecule has 1 atom stereocenters. The standard InChI is InChI=1S/C25H27FN2O2/c26-22-12-10-20(11-13-22)23(29)8-4-16-28-15-3-5-19(17-28)18-30-24-9-1-6-21-7-2-14-27-25(21)24/h1-2,6-7,9-14,19H,3-5,8,15-18H2. The van der Waals surface area contributed by atoms with E-state index in [1.165, 1.54) is 12.1 Å². The number of nitrogens with zero attached hydrogens (tertiary/aromatic N) is 2. The lowest BCUT2D eigenvalue weighted by Crippen LogP contribution is -2.38. The van der Waals surface area contributed by atoms with Crippen molar-refractivity contribution in [2.75, 3.05) is 26.2 Å². The number of ketones is 1. The first-order valence-corrected chi connectivity index (χ1v) is 10.7. The van der Waals surface area contributed by atoms with Gasteiger partial charge in [0.15, 0.2) is 5.78 Å². The van der Waals surface area contributed by atoms with E-state index in [0.29, 0.717) is 24.5 Å². The van der Waals surface area contributed by atoms with Gasteiger partial charge in [-0.05, 0) is 68.8 Å². The first-order valence-electron chi connectivity index (χ1n) is 10.7. The summed E-state index contributed by atoms with van der Waals surface area (Å²) in [5.41, 5.74) is 1.50. The molecule has 1 saturated heterocycles. The van der Waals surface area contributed by atoms with Crippen molar-refractivity contribution >= 4 is 16.7 Å². The molecule has 1 aliphatic heterocycles. The number of Topliss-reactive ketones (excluding diaryl/α,β-unsaturated/α-hetero) is 1. The van der Waals surface area contributed by atoms with Crippen LogP contribution < -0.4 is 4.74 Å². The topological polar surface area (TPSA) is 42.4 Å². The quantitative estimate of drug-likeness (QED) is 0.487. The molecule has 0 amide bonds. The van der Waals surface area contributed by atoms with E-state index in [0.717, 1.165) is 55.5 Å². The van der Waals surface area contributed by atoms with E-state index in [9.17, 15) is 9.18 Å².